The lowest BCUT2D eigenvalue weighted by Crippen LogP contribution is -2.19. The van der Waals surface area contributed by atoms with Crippen LogP contribution >= 0.6 is 0 Å². The fraction of sp³-hybridized carbons (Fsp3) is 0.227. The number of carbonyl (C=O) groups excluding carboxylic acids is 1. The van der Waals surface area contributed by atoms with Crippen molar-refractivity contribution in [3.8, 4) is 11.5 Å². The van der Waals surface area contributed by atoms with Gasteiger partial charge in [-0.05, 0) is 49.2 Å². The molecule has 1 saturated heterocycles. The summed E-state index contributed by atoms with van der Waals surface area (Å²) in [4.78, 5) is 20.8. The molecule has 1 aromatic heterocycles. The third kappa shape index (κ3) is 5.30. The zero-order chi connectivity index (χ0) is 19.9. The Bertz CT molecular complexity index is 925. The summed E-state index contributed by atoms with van der Waals surface area (Å²) in [6, 6.07) is 16.7. The lowest BCUT2D eigenvalue weighted by molar-refractivity contribution is 0.102. The number of ether oxygens (including phenoxy) is 2. The Balaban J connectivity index is 1.30. The van der Waals surface area contributed by atoms with E-state index >= 15 is 0 Å². The van der Waals surface area contributed by atoms with E-state index in [4.69, 9.17) is 9.47 Å². The number of carbonyl (C=O) groups is 1. The average Bonchev–Trinajstić information content (AvgIpc) is 3.28. The molecule has 0 radical (unpaired) electrons. The Labute approximate surface area is 169 Å². The van der Waals surface area contributed by atoms with Gasteiger partial charge >= 0.3 is 0 Å². The van der Waals surface area contributed by atoms with Crippen LogP contribution in [0.3, 0.4) is 0 Å². The molecule has 4 rings (SSSR count). The van der Waals surface area contributed by atoms with Gasteiger partial charge in [-0.15, -0.1) is 0 Å². The first-order valence-electron chi connectivity index (χ1n) is 9.58. The van der Waals surface area contributed by atoms with Gasteiger partial charge in [0, 0.05) is 18.8 Å². The maximum atomic E-state index is 12.4. The van der Waals surface area contributed by atoms with Gasteiger partial charge in [-0.3, -0.25) is 4.79 Å². The second kappa shape index (κ2) is 9.16. The molecule has 2 aromatic carbocycles. The minimum Gasteiger partial charge on any atom is -0.457 e. The van der Waals surface area contributed by atoms with Crippen LogP contribution in [0, 0.1) is 0 Å². The van der Waals surface area contributed by atoms with Crippen LogP contribution in [0.2, 0.25) is 0 Å². The van der Waals surface area contributed by atoms with E-state index in [9.17, 15) is 4.79 Å². The number of nitrogens with one attached hydrogen (secondary N) is 2. The van der Waals surface area contributed by atoms with Crippen molar-refractivity contribution in [2.45, 2.75) is 18.9 Å². The molecular weight excluding hydrogens is 368 g/mol. The topological polar surface area (TPSA) is 85.4 Å². The van der Waals surface area contributed by atoms with Gasteiger partial charge in [0.1, 0.15) is 23.0 Å². The van der Waals surface area contributed by atoms with Crippen molar-refractivity contribution < 1.29 is 14.3 Å². The van der Waals surface area contributed by atoms with E-state index in [1.807, 2.05) is 30.3 Å². The van der Waals surface area contributed by atoms with Gasteiger partial charge in [0.25, 0.3) is 5.91 Å². The van der Waals surface area contributed by atoms with Gasteiger partial charge in [-0.25, -0.2) is 9.97 Å². The second-order valence-corrected chi connectivity index (χ2v) is 6.70. The molecule has 1 unspecified atom stereocenters. The summed E-state index contributed by atoms with van der Waals surface area (Å²) >= 11 is 0. The third-order valence-corrected chi connectivity index (χ3v) is 4.51. The molecule has 7 heteroatoms. The highest BCUT2D eigenvalue weighted by Crippen LogP contribution is 2.22. The fourth-order valence-corrected chi connectivity index (χ4v) is 2.99. The van der Waals surface area contributed by atoms with Crippen molar-refractivity contribution in [3.05, 3.63) is 72.7 Å². The fourth-order valence-electron chi connectivity index (χ4n) is 2.99. The molecule has 1 fully saturated rings. The highest BCUT2D eigenvalue weighted by molar-refractivity contribution is 6.02. The Morgan fingerprint density at radius 2 is 1.83 bits per heavy atom. The lowest BCUT2D eigenvalue weighted by atomic mass is 10.2. The summed E-state index contributed by atoms with van der Waals surface area (Å²) in [5, 5.41) is 5.99. The third-order valence-electron chi connectivity index (χ3n) is 4.51. The summed E-state index contributed by atoms with van der Waals surface area (Å²) in [5.41, 5.74) is 0.898. The number of rotatable bonds is 7. The molecule has 1 amide bonds. The Hall–Kier alpha value is -3.45. The molecule has 0 spiro atoms. The number of hydrogen-bond acceptors (Lipinski definition) is 6. The van der Waals surface area contributed by atoms with Crippen LogP contribution in [0.15, 0.2) is 67.0 Å². The van der Waals surface area contributed by atoms with E-state index in [2.05, 4.69) is 20.6 Å². The van der Waals surface area contributed by atoms with Gasteiger partial charge in [0.05, 0.1) is 18.5 Å². The molecule has 2 N–H and O–H groups in total. The Morgan fingerprint density at radius 3 is 2.52 bits per heavy atom. The SMILES string of the molecule is O=C(Nc1ccc(Oc2ccccc2)cc1)c1cnc(NCC2CCCO2)cn1. The number of aromatic nitrogens is 2. The van der Waals surface area contributed by atoms with Crippen molar-refractivity contribution in [1.29, 1.82) is 0 Å². The van der Waals surface area contributed by atoms with Crippen LogP contribution in [-0.2, 0) is 4.74 Å². The van der Waals surface area contributed by atoms with Crippen molar-refractivity contribution in [3.63, 3.8) is 0 Å². The summed E-state index contributed by atoms with van der Waals surface area (Å²) in [5.74, 6) is 1.75. The predicted molar refractivity (Wildman–Crippen MR) is 110 cm³/mol. The number of anilines is 2. The first-order valence-corrected chi connectivity index (χ1v) is 9.58. The zero-order valence-electron chi connectivity index (χ0n) is 15.9. The van der Waals surface area contributed by atoms with Gasteiger partial charge < -0.3 is 20.1 Å². The van der Waals surface area contributed by atoms with Crippen molar-refractivity contribution in [2.24, 2.45) is 0 Å². The van der Waals surface area contributed by atoms with Crippen molar-refractivity contribution >= 4 is 17.4 Å². The quantitative estimate of drug-likeness (QED) is 0.631. The first-order chi connectivity index (χ1) is 14.3. The summed E-state index contributed by atoms with van der Waals surface area (Å²) < 4.78 is 11.3. The van der Waals surface area contributed by atoms with Gasteiger partial charge in [-0.2, -0.15) is 0 Å². The predicted octanol–water partition coefficient (Wildman–Crippen LogP) is 4.11. The normalized spacial score (nSPS) is 15.7. The molecule has 1 aliphatic heterocycles. The number of amides is 1. The summed E-state index contributed by atoms with van der Waals surface area (Å²) in [6.45, 7) is 1.51. The number of para-hydroxylation sites is 1. The van der Waals surface area contributed by atoms with E-state index in [1.165, 1.54) is 6.20 Å². The lowest BCUT2D eigenvalue weighted by Gasteiger charge is -2.11. The van der Waals surface area contributed by atoms with Gasteiger partial charge in [0.2, 0.25) is 0 Å². The standard InChI is InChI=1S/C22H22N4O3/c27-22(20-14-25-21(15-23-20)24-13-19-7-4-12-28-19)26-16-8-10-18(11-9-16)29-17-5-2-1-3-6-17/h1-3,5-6,8-11,14-15,19H,4,7,12-13H2,(H,24,25)(H,26,27). The molecule has 1 aliphatic rings. The van der Waals surface area contributed by atoms with Crippen LogP contribution in [0.5, 0.6) is 11.5 Å². The highest BCUT2D eigenvalue weighted by atomic mass is 16.5. The largest absolute Gasteiger partial charge is 0.457 e. The van der Waals surface area contributed by atoms with Crippen LogP contribution < -0.4 is 15.4 Å². The van der Waals surface area contributed by atoms with E-state index in [-0.39, 0.29) is 17.7 Å². The molecule has 0 aliphatic carbocycles. The van der Waals surface area contributed by atoms with Crippen molar-refractivity contribution in [1.82, 2.24) is 9.97 Å². The van der Waals surface area contributed by atoms with E-state index in [1.54, 1.807) is 30.5 Å². The van der Waals surface area contributed by atoms with E-state index in [0.29, 0.717) is 23.8 Å². The molecule has 3 aromatic rings. The molecule has 7 nitrogen and oxygen atoms in total. The molecule has 0 saturated carbocycles. The number of nitrogens with zero attached hydrogens (tertiary/aromatic N) is 2. The van der Waals surface area contributed by atoms with E-state index in [0.717, 1.165) is 25.2 Å². The maximum Gasteiger partial charge on any atom is 0.275 e. The van der Waals surface area contributed by atoms with Crippen molar-refractivity contribution in [2.75, 3.05) is 23.8 Å². The number of benzene rings is 2. The summed E-state index contributed by atoms with van der Waals surface area (Å²) in [6.07, 6.45) is 5.38. The van der Waals surface area contributed by atoms with Crippen LogP contribution in [0.4, 0.5) is 11.5 Å². The van der Waals surface area contributed by atoms with Crippen LogP contribution in [0.25, 0.3) is 0 Å². The maximum absolute atomic E-state index is 12.4. The molecular formula is C22H22N4O3. The van der Waals surface area contributed by atoms with Gasteiger partial charge in [-0.1, -0.05) is 18.2 Å². The smallest absolute Gasteiger partial charge is 0.275 e. The Kier molecular flexibility index (Phi) is 5.97. The highest BCUT2D eigenvalue weighted by Gasteiger charge is 2.15. The van der Waals surface area contributed by atoms with Crippen LogP contribution in [-0.4, -0.2) is 35.1 Å². The molecule has 1 atom stereocenters. The zero-order valence-corrected chi connectivity index (χ0v) is 15.9. The molecule has 0 bridgehead atoms. The second-order valence-electron chi connectivity index (χ2n) is 6.70. The molecule has 2 heterocycles. The number of hydrogen-bond donors (Lipinski definition) is 2. The molecule has 148 valence electrons. The van der Waals surface area contributed by atoms with E-state index < -0.39 is 0 Å². The van der Waals surface area contributed by atoms with Crippen LogP contribution in [0.1, 0.15) is 23.3 Å². The minimum atomic E-state index is -0.320. The monoisotopic (exact) mass is 390 g/mol. The average molecular weight is 390 g/mol. The van der Waals surface area contributed by atoms with Gasteiger partial charge in [0.15, 0.2) is 0 Å². The Morgan fingerprint density at radius 1 is 1.03 bits per heavy atom. The first kappa shape index (κ1) is 18.9. The summed E-state index contributed by atoms with van der Waals surface area (Å²) in [7, 11) is 0. The minimum absolute atomic E-state index is 0.216. The molecule has 29 heavy (non-hydrogen) atoms.